The number of thiazole rings is 2. The van der Waals surface area contributed by atoms with Gasteiger partial charge in [0.1, 0.15) is 9.88 Å². The lowest BCUT2D eigenvalue weighted by Gasteiger charge is -2.15. The van der Waals surface area contributed by atoms with Crippen LogP contribution in [0.1, 0.15) is 57.1 Å². The second-order valence-corrected chi connectivity index (χ2v) is 8.11. The van der Waals surface area contributed by atoms with E-state index in [0.29, 0.717) is 23.1 Å². The molecule has 2 heterocycles. The van der Waals surface area contributed by atoms with Crippen molar-refractivity contribution in [1.29, 1.82) is 0 Å². The summed E-state index contributed by atoms with van der Waals surface area (Å²) in [5, 5.41) is 8.56. The molecule has 1 atom stereocenters. The average Bonchev–Trinajstić information content (AvgIpc) is 3.27. The van der Waals surface area contributed by atoms with E-state index in [-0.39, 0.29) is 36.0 Å². The van der Waals surface area contributed by atoms with Crippen molar-refractivity contribution in [3.63, 3.8) is 0 Å². The molecule has 0 fully saturated rings. The molecule has 156 valence electrons. The largest absolute Gasteiger partial charge is 0.462 e. The fraction of sp³-hybridized carbons (Fsp3) is 0.556. The van der Waals surface area contributed by atoms with Gasteiger partial charge in [0.15, 0.2) is 5.96 Å². The Kier molecular flexibility index (Phi) is 10.9. The molecule has 0 radical (unpaired) electrons. The van der Waals surface area contributed by atoms with Crippen LogP contribution in [0, 0.1) is 6.92 Å². The minimum Gasteiger partial charge on any atom is -0.462 e. The number of carbonyl (C=O) groups is 1. The maximum absolute atomic E-state index is 12.0. The fourth-order valence-corrected chi connectivity index (χ4v) is 4.19. The minimum absolute atomic E-state index is 0. The Morgan fingerprint density at radius 1 is 1.36 bits per heavy atom. The molecule has 10 heteroatoms. The first-order valence-electron chi connectivity index (χ1n) is 9.03. The van der Waals surface area contributed by atoms with E-state index in [0.717, 1.165) is 29.4 Å². The van der Waals surface area contributed by atoms with Crippen molar-refractivity contribution in [2.45, 2.75) is 46.6 Å². The van der Waals surface area contributed by atoms with Gasteiger partial charge in [0.05, 0.1) is 23.4 Å². The van der Waals surface area contributed by atoms with E-state index >= 15 is 0 Å². The molecule has 0 aliphatic rings. The summed E-state index contributed by atoms with van der Waals surface area (Å²) in [4.78, 5) is 27.0. The highest BCUT2D eigenvalue weighted by Gasteiger charge is 2.20. The lowest BCUT2D eigenvalue weighted by molar-refractivity contribution is 0.0531. The van der Waals surface area contributed by atoms with Crippen LogP contribution in [0.2, 0.25) is 0 Å². The highest BCUT2D eigenvalue weighted by atomic mass is 127. The second-order valence-electron chi connectivity index (χ2n) is 5.88. The summed E-state index contributed by atoms with van der Waals surface area (Å²) in [6, 6.07) is -0.0744. The maximum Gasteiger partial charge on any atom is 0.350 e. The smallest absolute Gasteiger partial charge is 0.350 e. The molecule has 0 saturated heterocycles. The summed E-state index contributed by atoms with van der Waals surface area (Å²) in [6.07, 6.45) is 3.82. The number of guanidine groups is 1. The van der Waals surface area contributed by atoms with Gasteiger partial charge in [0.2, 0.25) is 0 Å². The van der Waals surface area contributed by atoms with Gasteiger partial charge in [0, 0.05) is 31.1 Å². The van der Waals surface area contributed by atoms with Crippen LogP contribution in [-0.2, 0) is 17.6 Å². The first-order chi connectivity index (χ1) is 13.0. The molecule has 0 bridgehead atoms. The number of aryl methyl sites for hydroxylation is 2. The van der Waals surface area contributed by atoms with Crippen molar-refractivity contribution in [3.05, 3.63) is 31.7 Å². The van der Waals surface area contributed by atoms with Crippen molar-refractivity contribution in [1.82, 2.24) is 20.6 Å². The molecule has 2 aromatic rings. The third-order valence-electron chi connectivity index (χ3n) is 3.80. The summed E-state index contributed by atoms with van der Waals surface area (Å²) in [7, 11) is 1.73. The molecule has 0 aliphatic carbocycles. The standard InChI is InChI=1S/C18H27N5O2S2.HI/c1-6-13-10-21-14(26-13)8-9-20-18(19-5)23-12(4)16-22-11(3)15(27-16)17(24)25-7-2;/h10,12H,6-9H2,1-5H3,(H2,19,20,23);1H. The van der Waals surface area contributed by atoms with Crippen LogP contribution in [-0.4, -0.2) is 42.1 Å². The average molecular weight is 537 g/mol. The molecule has 1 unspecified atom stereocenters. The fourth-order valence-electron chi connectivity index (χ4n) is 2.36. The van der Waals surface area contributed by atoms with E-state index in [2.05, 4.69) is 32.5 Å². The summed E-state index contributed by atoms with van der Waals surface area (Å²) in [6.45, 7) is 8.85. The number of halogens is 1. The molecule has 2 N–H and O–H groups in total. The Hall–Kier alpha value is -1.27. The third-order valence-corrected chi connectivity index (χ3v) is 6.32. The number of ether oxygens (including phenoxy) is 1. The van der Waals surface area contributed by atoms with Crippen LogP contribution in [0.25, 0.3) is 0 Å². The minimum atomic E-state index is -0.316. The normalized spacial score (nSPS) is 12.2. The molecule has 2 aromatic heterocycles. The molecule has 0 saturated carbocycles. The molecule has 2 rings (SSSR count). The molecule has 0 aromatic carbocycles. The van der Waals surface area contributed by atoms with Crippen molar-refractivity contribution in [3.8, 4) is 0 Å². The Bertz CT molecular complexity index is 791. The zero-order valence-electron chi connectivity index (χ0n) is 16.9. The summed E-state index contributed by atoms with van der Waals surface area (Å²) < 4.78 is 5.08. The monoisotopic (exact) mass is 537 g/mol. The topological polar surface area (TPSA) is 88.5 Å². The number of nitrogens with one attached hydrogen (secondary N) is 2. The Morgan fingerprint density at radius 2 is 2.11 bits per heavy atom. The number of aliphatic imine (C=N–C) groups is 1. The quantitative estimate of drug-likeness (QED) is 0.231. The van der Waals surface area contributed by atoms with Gasteiger partial charge in [-0.15, -0.1) is 46.7 Å². The number of carbonyl (C=O) groups excluding carboxylic acids is 1. The van der Waals surface area contributed by atoms with Gasteiger partial charge in [-0.05, 0) is 27.2 Å². The van der Waals surface area contributed by atoms with Gasteiger partial charge >= 0.3 is 5.97 Å². The Morgan fingerprint density at radius 3 is 2.71 bits per heavy atom. The van der Waals surface area contributed by atoms with Crippen LogP contribution in [0.4, 0.5) is 0 Å². The number of hydrogen-bond acceptors (Lipinski definition) is 7. The third kappa shape index (κ3) is 6.96. The molecule has 0 spiro atoms. The first kappa shape index (κ1) is 24.8. The lowest BCUT2D eigenvalue weighted by atomic mass is 10.3. The number of hydrogen-bond donors (Lipinski definition) is 2. The summed E-state index contributed by atoms with van der Waals surface area (Å²) in [5.41, 5.74) is 0.695. The number of rotatable bonds is 8. The van der Waals surface area contributed by atoms with Crippen molar-refractivity contribution < 1.29 is 9.53 Å². The van der Waals surface area contributed by atoms with Gasteiger partial charge in [-0.2, -0.15) is 0 Å². The zero-order valence-corrected chi connectivity index (χ0v) is 20.8. The van der Waals surface area contributed by atoms with Crippen LogP contribution in [0.3, 0.4) is 0 Å². The van der Waals surface area contributed by atoms with Crippen LogP contribution >= 0.6 is 46.7 Å². The molecular weight excluding hydrogens is 509 g/mol. The van der Waals surface area contributed by atoms with E-state index in [1.54, 1.807) is 25.3 Å². The zero-order chi connectivity index (χ0) is 19.8. The molecule has 28 heavy (non-hydrogen) atoms. The Balaban J connectivity index is 0.00000392. The predicted molar refractivity (Wildman–Crippen MR) is 126 cm³/mol. The van der Waals surface area contributed by atoms with Crippen molar-refractivity contribution in [2.24, 2.45) is 4.99 Å². The highest BCUT2D eigenvalue weighted by molar-refractivity contribution is 14.0. The second kappa shape index (κ2) is 12.3. The van der Waals surface area contributed by atoms with Crippen molar-refractivity contribution in [2.75, 3.05) is 20.2 Å². The summed E-state index contributed by atoms with van der Waals surface area (Å²) in [5.74, 6) is 0.378. The number of esters is 1. The van der Waals surface area contributed by atoms with Gasteiger partial charge in [0.25, 0.3) is 0 Å². The maximum atomic E-state index is 12.0. The van der Waals surface area contributed by atoms with Crippen LogP contribution in [0.15, 0.2) is 11.2 Å². The number of nitrogens with zero attached hydrogens (tertiary/aromatic N) is 3. The predicted octanol–water partition coefficient (Wildman–Crippen LogP) is 3.73. The molecule has 7 nitrogen and oxygen atoms in total. The number of aromatic nitrogens is 2. The van der Waals surface area contributed by atoms with E-state index in [1.165, 1.54) is 16.2 Å². The van der Waals surface area contributed by atoms with E-state index in [9.17, 15) is 4.79 Å². The van der Waals surface area contributed by atoms with Crippen LogP contribution in [0.5, 0.6) is 0 Å². The van der Waals surface area contributed by atoms with E-state index < -0.39 is 0 Å². The highest BCUT2D eigenvalue weighted by Crippen LogP contribution is 2.24. The van der Waals surface area contributed by atoms with E-state index in [1.807, 2.05) is 20.0 Å². The van der Waals surface area contributed by atoms with E-state index in [4.69, 9.17) is 4.74 Å². The van der Waals surface area contributed by atoms with Gasteiger partial charge in [-0.25, -0.2) is 14.8 Å². The van der Waals surface area contributed by atoms with Gasteiger partial charge < -0.3 is 15.4 Å². The SMILES string of the molecule is CCOC(=O)c1sc(C(C)NC(=NC)NCCc2ncc(CC)s2)nc1C.I. The first-order valence-corrected chi connectivity index (χ1v) is 10.7. The molecule has 0 aliphatic heterocycles. The Labute approximate surface area is 191 Å². The lowest BCUT2D eigenvalue weighted by Crippen LogP contribution is -2.39. The van der Waals surface area contributed by atoms with Crippen molar-refractivity contribution >= 4 is 58.6 Å². The summed E-state index contributed by atoms with van der Waals surface area (Å²) >= 11 is 3.11. The molecule has 0 amide bonds. The van der Waals surface area contributed by atoms with Gasteiger partial charge in [-0.1, -0.05) is 6.92 Å². The van der Waals surface area contributed by atoms with Gasteiger partial charge in [-0.3, -0.25) is 4.99 Å². The van der Waals surface area contributed by atoms with Crippen LogP contribution < -0.4 is 10.6 Å². The molecular formula is C18H28IN5O2S2.